The van der Waals surface area contributed by atoms with Gasteiger partial charge in [-0.2, -0.15) is 0 Å². The standard InChI is InChI=1S/C15H18BrN3/c1-12(15-11-17-8-9-19-15)18-7-3-5-13-4-2-6-14(16)10-13/h2,4,6,8-12,18H,3,5,7H2,1H3/t12-/m1/s1. The van der Waals surface area contributed by atoms with Gasteiger partial charge in [0.1, 0.15) is 0 Å². The zero-order chi connectivity index (χ0) is 13.5. The van der Waals surface area contributed by atoms with Crippen molar-refractivity contribution in [3.05, 3.63) is 58.6 Å². The lowest BCUT2D eigenvalue weighted by Gasteiger charge is -2.12. The molecule has 0 saturated carbocycles. The van der Waals surface area contributed by atoms with Gasteiger partial charge in [-0.3, -0.25) is 9.97 Å². The third-order valence-electron chi connectivity index (χ3n) is 3.01. The fourth-order valence-corrected chi connectivity index (χ4v) is 2.39. The van der Waals surface area contributed by atoms with Gasteiger partial charge in [0.25, 0.3) is 0 Å². The quantitative estimate of drug-likeness (QED) is 0.828. The van der Waals surface area contributed by atoms with E-state index in [9.17, 15) is 0 Å². The number of hydrogen-bond acceptors (Lipinski definition) is 3. The van der Waals surface area contributed by atoms with Crippen LogP contribution < -0.4 is 5.32 Å². The van der Waals surface area contributed by atoms with E-state index in [1.165, 1.54) is 5.56 Å². The molecule has 1 aromatic carbocycles. The normalized spacial score (nSPS) is 12.3. The molecule has 0 radical (unpaired) electrons. The molecule has 1 N–H and O–H groups in total. The van der Waals surface area contributed by atoms with E-state index < -0.39 is 0 Å². The maximum atomic E-state index is 4.30. The fourth-order valence-electron chi connectivity index (χ4n) is 1.94. The van der Waals surface area contributed by atoms with E-state index in [-0.39, 0.29) is 6.04 Å². The first-order valence-corrected chi connectivity index (χ1v) is 7.29. The second-order valence-electron chi connectivity index (χ2n) is 4.54. The summed E-state index contributed by atoms with van der Waals surface area (Å²) in [5.41, 5.74) is 2.35. The first-order valence-electron chi connectivity index (χ1n) is 6.49. The minimum atomic E-state index is 0.246. The fraction of sp³-hybridized carbons (Fsp3) is 0.333. The van der Waals surface area contributed by atoms with Crippen LogP contribution in [-0.4, -0.2) is 16.5 Å². The minimum Gasteiger partial charge on any atom is -0.309 e. The van der Waals surface area contributed by atoms with E-state index >= 15 is 0 Å². The average molecular weight is 320 g/mol. The number of aromatic nitrogens is 2. The molecule has 19 heavy (non-hydrogen) atoms. The molecular weight excluding hydrogens is 302 g/mol. The van der Waals surface area contributed by atoms with E-state index in [0.29, 0.717) is 0 Å². The summed E-state index contributed by atoms with van der Waals surface area (Å²) in [5.74, 6) is 0. The van der Waals surface area contributed by atoms with Gasteiger partial charge in [-0.1, -0.05) is 28.1 Å². The molecule has 2 rings (SSSR count). The van der Waals surface area contributed by atoms with Crippen LogP contribution in [0.2, 0.25) is 0 Å². The lowest BCUT2D eigenvalue weighted by atomic mass is 10.1. The highest BCUT2D eigenvalue weighted by Gasteiger charge is 2.05. The molecule has 0 aliphatic heterocycles. The zero-order valence-electron chi connectivity index (χ0n) is 11.0. The number of nitrogens with one attached hydrogen (secondary N) is 1. The molecule has 0 aliphatic carbocycles. The van der Waals surface area contributed by atoms with Gasteiger partial charge in [0.15, 0.2) is 0 Å². The summed E-state index contributed by atoms with van der Waals surface area (Å²) >= 11 is 3.49. The van der Waals surface area contributed by atoms with Gasteiger partial charge in [-0.05, 0) is 44.0 Å². The number of nitrogens with zero attached hydrogens (tertiary/aromatic N) is 2. The first kappa shape index (κ1) is 14.2. The first-order chi connectivity index (χ1) is 9.25. The predicted molar refractivity (Wildman–Crippen MR) is 80.9 cm³/mol. The van der Waals surface area contributed by atoms with Gasteiger partial charge < -0.3 is 5.32 Å². The molecule has 3 nitrogen and oxygen atoms in total. The van der Waals surface area contributed by atoms with Gasteiger partial charge in [0.05, 0.1) is 5.69 Å². The number of benzene rings is 1. The van der Waals surface area contributed by atoms with Crippen LogP contribution in [0.4, 0.5) is 0 Å². The Bertz CT molecular complexity index is 502. The van der Waals surface area contributed by atoms with Gasteiger partial charge in [-0.15, -0.1) is 0 Å². The lowest BCUT2D eigenvalue weighted by Crippen LogP contribution is -2.21. The van der Waals surface area contributed by atoms with Crippen LogP contribution in [0.3, 0.4) is 0 Å². The molecule has 2 aromatic rings. The molecule has 0 saturated heterocycles. The van der Waals surface area contributed by atoms with E-state index in [1.807, 2.05) is 6.20 Å². The molecule has 1 atom stereocenters. The molecule has 0 aliphatic rings. The SMILES string of the molecule is C[C@@H](NCCCc1cccc(Br)c1)c1cnccn1. The Morgan fingerprint density at radius 2 is 2.21 bits per heavy atom. The monoisotopic (exact) mass is 319 g/mol. The highest BCUT2D eigenvalue weighted by Crippen LogP contribution is 2.13. The Balaban J connectivity index is 1.72. The summed E-state index contributed by atoms with van der Waals surface area (Å²) in [6, 6.07) is 8.71. The number of hydrogen-bond donors (Lipinski definition) is 1. The maximum absolute atomic E-state index is 4.30. The highest BCUT2D eigenvalue weighted by molar-refractivity contribution is 9.10. The molecule has 0 unspecified atom stereocenters. The van der Waals surface area contributed by atoms with E-state index in [0.717, 1.165) is 29.6 Å². The summed E-state index contributed by atoms with van der Waals surface area (Å²) in [5, 5.41) is 3.47. The molecule has 0 spiro atoms. The van der Waals surface area contributed by atoms with Crippen molar-refractivity contribution in [3.8, 4) is 0 Å². The molecule has 0 bridgehead atoms. The summed E-state index contributed by atoms with van der Waals surface area (Å²) in [4.78, 5) is 8.38. The van der Waals surface area contributed by atoms with E-state index in [1.54, 1.807) is 12.4 Å². The van der Waals surface area contributed by atoms with Crippen LogP contribution in [0.5, 0.6) is 0 Å². The Labute approximate surface area is 122 Å². The van der Waals surface area contributed by atoms with Crippen LogP contribution in [-0.2, 0) is 6.42 Å². The summed E-state index contributed by atoms with van der Waals surface area (Å²) < 4.78 is 1.14. The van der Waals surface area contributed by atoms with Crippen molar-refractivity contribution >= 4 is 15.9 Å². The molecule has 100 valence electrons. The van der Waals surface area contributed by atoms with Crippen molar-refractivity contribution in [1.82, 2.24) is 15.3 Å². The second kappa shape index (κ2) is 7.36. The smallest absolute Gasteiger partial charge is 0.0753 e. The summed E-state index contributed by atoms with van der Waals surface area (Å²) in [6.45, 7) is 3.09. The predicted octanol–water partition coefficient (Wildman–Crippen LogP) is 3.52. The van der Waals surface area contributed by atoms with Crippen LogP contribution in [0.25, 0.3) is 0 Å². The topological polar surface area (TPSA) is 37.8 Å². The van der Waals surface area contributed by atoms with Crippen molar-refractivity contribution in [2.75, 3.05) is 6.54 Å². The van der Waals surface area contributed by atoms with Crippen molar-refractivity contribution in [1.29, 1.82) is 0 Å². The molecule has 4 heteroatoms. The molecule has 1 heterocycles. The average Bonchev–Trinajstić information content (AvgIpc) is 2.44. The van der Waals surface area contributed by atoms with Crippen LogP contribution in [0.1, 0.15) is 30.6 Å². The molecular formula is C15H18BrN3. The Kier molecular flexibility index (Phi) is 5.48. The summed E-state index contributed by atoms with van der Waals surface area (Å²) in [7, 11) is 0. The largest absolute Gasteiger partial charge is 0.309 e. The van der Waals surface area contributed by atoms with Crippen molar-refractivity contribution in [3.63, 3.8) is 0 Å². The van der Waals surface area contributed by atoms with Crippen LogP contribution in [0.15, 0.2) is 47.3 Å². The minimum absolute atomic E-state index is 0.246. The highest BCUT2D eigenvalue weighted by atomic mass is 79.9. The van der Waals surface area contributed by atoms with Crippen LogP contribution >= 0.6 is 15.9 Å². The molecule has 1 aromatic heterocycles. The third-order valence-corrected chi connectivity index (χ3v) is 3.50. The van der Waals surface area contributed by atoms with Gasteiger partial charge in [0, 0.05) is 29.1 Å². The van der Waals surface area contributed by atoms with Gasteiger partial charge in [-0.25, -0.2) is 0 Å². The van der Waals surface area contributed by atoms with Crippen molar-refractivity contribution < 1.29 is 0 Å². The Morgan fingerprint density at radius 1 is 1.32 bits per heavy atom. The van der Waals surface area contributed by atoms with Crippen molar-refractivity contribution in [2.24, 2.45) is 0 Å². The third kappa shape index (κ3) is 4.73. The maximum Gasteiger partial charge on any atom is 0.0753 e. The number of aryl methyl sites for hydroxylation is 1. The number of rotatable bonds is 6. The molecule has 0 fully saturated rings. The molecule has 0 amide bonds. The van der Waals surface area contributed by atoms with Crippen LogP contribution in [0, 0.1) is 0 Å². The van der Waals surface area contributed by atoms with E-state index in [4.69, 9.17) is 0 Å². The lowest BCUT2D eigenvalue weighted by molar-refractivity contribution is 0.545. The van der Waals surface area contributed by atoms with Crippen molar-refractivity contribution in [2.45, 2.75) is 25.8 Å². The second-order valence-corrected chi connectivity index (χ2v) is 5.46. The number of halogens is 1. The summed E-state index contributed by atoms with van der Waals surface area (Å²) in [6.07, 6.45) is 7.44. The van der Waals surface area contributed by atoms with E-state index in [2.05, 4.69) is 62.4 Å². The Morgan fingerprint density at radius 3 is 2.95 bits per heavy atom. The van der Waals surface area contributed by atoms with Gasteiger partial charge in [0.2, 0.25) is 0 Å². The Hall–Kier alpha value is -1.26. The van der Waals surface area contributed by atoms with Gasteiger partial charge >= 0.3 is 0 Å². The zero-order valence-corrected chi connectivity index (χ0v) is 12.6.